The number of rotatable bonds is 7. The zero-order valence-corrected chi connectivity index (χ0v) is 13.8. The van der Waals surface area contributed by atoms with Gasteiger partial charge in [-0.25, -0.2) is 0 Å². The molecule has 0 spiro atoms. The van der Waals surface area contributed by atoms with Gasteiger partial charge in [0.15, 0.2) is 0 Å². The minimum atomic E-state index is -0.566. The molecule has 1 fully saturated rings. The van der Waals surface area contributed by atoms with Crippen LogP contribution < -0.4 is 10.1 Å². The van der Waals surface area contributed by atoms with Gasteiger partial charge in [0, 0.05) is 23.7 Å². The van der Waals surface area contributed by atoms with Crippen molar-refractivity contribution in [2.75, 3.05) is 13.2 Å². The monoisotopic (exact) mass is 331 g/mol. The van der Waals surface area contributed by atoms with Crippen LogP contribution in [0.4, 0.5) is 0 Å². The van der Waals surface area contributed by atoms with Crippen LogP contribution in [0.3, 0.4) is 0 Å². The molecule has 2 atom stereocenters. The molecule has 0 aliphatic heterocycles. The summed E-state index contributed by atoms with van der Waals surface area (Å²) in [5.41, 5.74) is 0. The molecule has 2 rings (SSSR count). The van der Waals surface area contributed by atoms with E-state index in [-0.39, 0.29) is 6.61 Å². The largest absolute Gasteiger partial charge is 0.489 e. The van der Waals surface area contributed by atoms with E-state index < -0.39 is 6.10 Å². The van der Waals surface area contributed by atoms with E-state index in [2.05, 4.69) is 12.2 Å². The molecule has 0 saturated heterocycles. The second kappa shape index (κ2) is 8.23. The minimum Gasteiger partial charge on any atom is -0.489 e. The molecule has 0 radical (unpaired) electrons. The first-order chi connectivity index (χ1) is 10.1. The lowest BCUT2D eigenvalue weighted by Gasteiger charge is -2.22. The van der Waals surface area contributed by atoms with Crippen molar-refractivity contribution < 1.29 is 9.84 Å². The standard InChI is InChI=1S/C16H23Cl2NO2/c1-11(12-4-2-3-5-12)19-9-14(20)10-21-16-8-13(17)6-7-15(16)18/h6-8,11-12,14,19-20H,2-5,9-10H2,1H3. The van der Waals surface area contributed by atoms with E-state index in [9.17, 15) is 5.11 Å². The number of aliphatic hydroxyl groups is 1. The summed E-state index contributed by atoms with van der Waals surface area (Å²) >= 11 is 11.9. The van der Waals surface area contributed by atoms with Crippen LogP contribution in [0.2, 0.25) is 10.0 Å². The predicted octanol–water partition coefficient (Wildman–Crippen LogP) is 3.90. The minimum absolute atomic E-state index is 0.199. The first kappa shape index (κ1) is 16.9. The Hall–Kier alpha value is -0.480. The molecule has 1 aliphatic carbocycles. The van der Waals surface area contributed by atoms with Crippen molar-refractivity contribution in [3.05, 3.63) is 28.2 Å². The van der Waals surface area contributed by atoms with E-state index in [1.165, 1.54) is 25.7 Å². The molecule has 1 saturated carbocycles. The maximum absolute atomic E-state index is 10.00. The summed E-state index contributed by atoms with van der Waals surface area (Å²) in [6, 6.07) is 5.49. The van der Waals surface area contributed by atoms with Crippen LogP contribution in [0.25, 0.3) is 0 Å². The van der Waals surface area contributed by atoms with Crippen molar-refractivity contribution in [1.29, 1.82) is 0 Å². The normalized spacial score (nSPS) is 18.7. The van der Waals surface area contributed by atoms with Crippen molar-refractivity contribution in [1.82, 2.24) is 5.32 Å². The Morgan fingerprint density at radius 3 is 2.76 bits per heavy atom. The third-order valence-electron chi connectivity index (χ3n) is 4.11. The van der Waals surface area contributed by atoms with Crippen molar-refractivity contribution in [2.45, 2.75) is 44.8 Å². The molecule has 2 N–H and O–H groups in total. The van der Waals surface area contributed by atoms with Gasteiger partial charge in [0.2, 0.25) is 0 Å². The Kier molecular flexibility index (Phi) is 6.62. The van der Waals surface area contributed by atoms with Crippen LogP contribution in [-0.4, -0.2) is 30.4 Å². The third kappa shape index (κ3) is 5.33. The van der Waals surface area contributed by atoms with Crippen LogP contribution in [0, 0.1) is 5.92 Å². The number of benzene rings is 1. The average molecular weight is 332 g/mol. The van der Waals surface area contributed by atoms with Gasteiger partial charge in [-0.2, -0.15) is 0 Å². The summed E-state index contributed by atoms with van der Waals surface area (Å²) in [6.07, 6.45) is 4.67. The van der Waals surface area contributed by atoms with Crippen molar-refractivity contribution in [3.8, 4) is 5.75 Å². The van der Waals surface area contributed by atoms with Gasteiger partial charge < -0.3 is 15.2 Å². The summed E-state index contributed by atoms with van der Waals surface area (Å²) < 4.78 is 5.53. The molecule has 0 heterocycles. The second-order valence-electron chi connectivity index (χ2n) is 5.78. The summed E-state index contributed by atoms with van der Waals surface area (Å²) in [6.45, 7) is 2.91. The lowest BCUT2D eigenvalue weighted by Crippen LogP contribution is -2.39. The van der Waals surface area contributed by atoms with Crippen LogP contribution >= 0.6 is 23.2 Å². The highest BCUT2D eigenvalue weighted by Crippen LogP contribution is 2.28. The van der Waals surface area contributed by atoms with E-state index in [4.69, 9.17) is 27.9 Å². The smallest absolute Gasteiger partial charge is 0.139 e. The number of nitrogens with one attached hydrogen (secondary N) is 1. The molecule has 1 aromatic rings. The number of aliphatic hydroxyl groups excluding tert-OH is 1. The highest BCUT2D eigenvalue weighted by molar-refractivity contribution is 6.34. The molecule has 5 heteroatoms. The number of halogens is 2. The first-order valence-corrected chi connectivity index (χ1v) is 8.31. The molecule has 0 amide bonds. The predicted molar refractivity (Wildman–Crippen MR) is 87.4 cm³/mol. The molecular formula is C16H23Cl2NO2. The molecular weight excluding hydrogens is 309 g/mol. The lowest BCUT2D eigenvalue weighted by atomic mass is 10.00. The van der Waals surface area contributed by atoms with Crippen LogP contribution in [0.5, 0.6) is 5.75 Å². The Morgan fingerprint density at radius 2 is 2.05 bits per heavy atom. The van der Waals surface area contributed by atoms with Gasteiger partial charge in [-0.1, -0.05) is 36.0 Å². The van der Waals surface area contributed by atoms with Crippen molar-refractivity contribution in [3.63, 3.8) is 0 Å². The number of hydrogen-bond acceptors (Lipinski definition) is 3. The van der Waals surface area contributed by atoms with E-state index >= 15 is 0 Å². The molecule has 1 aliphatic rings. The molecule has 118 valence electrons. The molecule has 21 heavy (non-hydrogen) atoms. The maximum Gasteiger partial charge on any atom is 0.139 e. The topological polar surface area (TPSA) is 41.5 Å². The molecule has 2 unspecified atom stereocenters. The molecule has 0 aromatic heterocycles. The Balaban J connectivity index is 1.71. The molecule has 0 bridgehead atoms. The summed E-state index contributed by atoms with van der Waals surface area (Å²) in [5, 5.41) is 14.5. The zero-order chi connectivity index (χ0) is 15.2. The number of hydrogen-bond donors (Lipinski definition) is 2. The fourth-order valence-electron chi connectivity index (χ4n) is 2.78. The quantitative estimate of drug-likeness (QED) is 0.796. The fourth-order valence-corrected chi connectivity index (χ4v) is 3.11. The first-order valence-electron chi connectivity index (χ1n) is 7.55. The van der Waals surface area contributed by atoms with Gasteiger partial charge in [-0.3, -0.25) is 0 Å². The Morgan fingerprint density at radius 1 is 1.33 bits per heavy atom. The average Bonchev–Trinajstić information content (AvgIpc) is 3.00. The van der Waals surface area contributed by atoms with Crippen molar-refractivity contribution in [2.24, 2.45) is 5.92 Å². The highest BCUT2D eigenvalue weighted by atomic mass is 35.5. The van der Waals surface area contributed by atoms with Crippen molar-refractivity contribution >= 4 is 23.2 Å². The summed E-state index contributed by atoms with van der Waals surface area (Å²) in [5.74, 6) is 1.24. The van der Waals surface area contributed by atoms with E-state index in [1.54, 1.807) is 18.2 Å². The van der Waals surface area contributed by atoms with E-state index in [1.807, 2.05) is 0 Å². The highest BCUT2D eigenvalue weighted by Gasteiger charge is 2.21. The summed E-state index contributed by atoms with van der Waals surface area (Å²) in [4.78, 5) is 0. The van der Waals surface area contributed by atoms with Crippen LogP contribution in [0.1, 0.15) is 32.6 Å². The summed E-state index contributed by atoms with van der Waals surface area (Å²) in [7, 11) is 0. The van der Waals surface area contributed by atoms with E-state index in [0.717, 1.165) is 5.92 Å². The van der Waals surface area contributed by atoms with Gasteiger partial charge in [-0.15, -0.1) is 0 Å². The lowest BCUT2D eigenvalue weighted by molar-refractivity contribution is 0.102. The second-order valence-corrected chi connectivity index (χ2v) is 6.62. The third-order valence-corrected chi connectivity index (χ3v) is 4.65. The van der Waals surface area contributed by atoms with Gasteiger partial charge in [0.25, 0.3) is 0 Å². The van der Waals surface area contributed by atoms with Crippen LogP contribution in [0.15, 0.2) is 18.2 Å². The van der Waals surface area contributed by atoms with Gasteiger partial charge in [0.05, 0.1) is 5.02 Å². The molecule has 3 nitrogen and oxygen atoms in total. The Labute approximate surface area is 136 Å². The number of ether oxygens (including phenoxy) is 1. The Bertz CT molecular complexity index is 450. The maximum atomic E-state index is 10.00. The molecule has 1 aromatic carbocycles. The zero-order valence-electron chi connectivity index (χ0n) is 12.3. The van der Waals surface area contributed by atoms with Gasteiger partial charge in [-0.05, 0) is 37.8 Å². The van der Waals surface area contributed by atoms with E-state index in [0.29, 0.717) is 28.4 Å². The van der Waals surface area contributed by atoms with Crippen LogP contribution in [-0.2, 0) is 0 Å². The fraction of sp³-hybridized carbons (Fsp3) is 0.625. The van der Waals surface area contributed by atoms with Gasteiger partial charge in [0.1, 0.15) is 18.5 Å². The van der Waals surface area contributed by atoms with Gasteiger partial charge >= 0.3 is 0 Å². The SMILES string of the molecule is CC(NCC(O)COc1cc(Cl)ccc1Cl)C1CCCC1.